The number of nitrogens with one attached hydrogen (secondary N) is 2. The van der Waals surface area contributed by atoms with Crippen LogP contribution in [0.2, 0.25) is 5.02 Å². The van der Waals surface area contributed by atoms with E-state index in [1.165, 1.54) is 7.11 Å². The van der Waals surface area contributed by atoms with Crippen LogP contribution in [0.5, 0.6) is 5.75 Å². The number of hydrogen-bond donors (Lipinski definition) is 2. The molecule has 2 heterocycles. The van der Waals surface area contributed by atoms with E-state index < -0.39 is 0 Å². The van der Waals surface area contributed by atoms with E-state index in [2.05, 4.69) is 15.7 Å². The summed E-state index contributed by atoms with van der Waals surface area (Å²) in [5.74, 6) is 0.535. The van der Waals surface area contributed by atoms with Gasteiger partial charge in [0.2, 0.25) is 0 Å². The lowest BCUT2D eigenvalue weighted by atomic mass is 10.1. The molecular weight excluding hydrogens is 332 g/mol. The number of nitrogens with zero attached hydrogens (tertiary/aromatic N) is 2. The summed E-state index contributed by atoms with van der Waals surface area (Å²) in [6.07, 6.45) is 5.30. The molecule has 24 heavy (non-hydrogen) atoms. The Labute approximate surface area is 144 Å². The molecule has 0 bridgehead atoms. The zero-order chi connectivity index (χ0) is 16.9. The normalized spacial score (nSPS) is 15.1. The van der Waals surface area contributed by atoms with E-state index in [4.69, 9.17) is 21.1 Å². The number of benzene rings is 1. The number of carbonyl (C=O) groups excluding carboxylic acids is 1. The first kappa shape index (κ1) is 16.6. The van der Waals surface area contributed by atoms with E-state index in [9.17, 15) is 4.79 Å². The number of methoxy groups -OCH3 is 1. The van der Waals surface area contributed by atoms with Gasteiger partial charge in [-0.2, -0.15) is 5.10 Å². The van der Waals surface area contributed by atoms with Gasteiger partial charge in [0.25, 0.3) is 0 Å². The molecule has 128 valence electrons. The fourth-order valence-electron chi connectivity index (χ4n) is 2.61. The van der Waals surface area contributed by atoms with Crippen molar-refractivity contribution in [3.8, 4) is 5.75 Å². The van der Waals surface area contributed by atoms with Crippen LogP contribution in [0.4, 0.5) is 16.2 Å². The number of rotatable bonds is 4. The second-order valence-corrected chi connectivity index (χ2v) is 5.91. The van der Waals surface area contributed by atoms with Gasteiger partial charge in [-0.3, -0.25) is 4.68 Å². The van der Waals surface area contributed by atoms with Gasteiger partial charge >= 0.3 is 6.03 Å². The van der Waals surface area contributed by atoms with E-state index in [0.717, 1.165) is 26.1 Å². The zero-order valence-electron chi connectivity index (χ0n) is 13.3. The van der Waals surface area contributed by atoms with E-state index in [1.807, 2.05) is 10.9 Å². The first-order valence-corrected chi connectivity index (χ1v) is 8.07. The van der Waals surface area contributed by atoms with E-state index >= 15 is 0 Å². The van der Waals surface area contributed by atoms with Gasteiger partial charge in [-0.1, -0.05) is 11.6 Å². The highest BCUT2D eigenvalue weighted by Crippen LogP contribution is 2.28. The second-order valence-electron chi connectivity index (χ2n) is 5.48. The number of carbonyl (C=O) groups is 1. The van der Waals surface area contributed by atoms with Crippen molar-refractivity contribution in [1.82, 2.24) is 9.78 Å². The summed E-state index contributed by atoms with van der Waals surface area (Å²) in [4.78, 5) is 12.2. The van der Waals surface area contributed by atoms with E-state index in [-0.39, 0.29) is 6.03 Å². The second kappa shape index (κ2) is 7.55. The van der Waals surface area contributed by atoms with Crippen LogP contribution in [0.25, 0.3) is 0 Å². The average Bonchev–Trinajstić information content (AvgIpc) is 3.04. The Kier molecular flexibility index (Phi) is 5.22. The van der Waals surface area contributed by atoms with Gasteiger partial charge in [0, 0.05) is 24.4 Å². The average molecular weight is 351 g/mol. The summed E-state index contributed by atoms with van der Waals surface area (Å²) in [6.45, 7) is 1.48. The molecule has 0 atom stereocenters. The molecule has 0 radical (unpaired) electrons. The van der Waals surface area contributed by atoms with Crippen LogP contribution >= 0.6 is 11.6 Å². The van der Waals surface area contributed by atoms with E-state index in [1.54, 1.807) is 24.4 Å². The molecular formula is C16H19ClN4O3. The monoisotopic (exact) mass is 350 g/mol. The lowest BCUT2D eigenvalue weighted by Crippen LogP contribution is -2.20. The van der Waals surface area contributed by atoms with Crippen LogP contribution in [-0.4, -0.2) is 36.1 Å². The molecule has 2 N–H and O–H groups in total. The van der Waals surface area contributed by atoms with Crippen LogP contribution in [0.1, 0.15) is 18.9 Å². The Morgan fingerprint density at radius 2 is 2.17 bits per heavy atom. The van der Waals surface area contributed by atoms with Gasteiger partial charge in [-0.25, -0.2) is 4.79 Å². The Balaban J connectivity index is 1.63. The third kappa shape index (κ3) is 3.98. The van der Waals surface area contributed by atoms with Gasteiger partial charge in [0.1, 0.15) is 5.75 Å². The van der Waals surface area contributed by atoms with Gasteiger partial charge in [-0.05, 0) is 31.0 Å². The fourth-order valence-corrected chi connectivity index (χ4v) is 2.79. The molecule has 0 saturated carbocycles. The third-order valence-corrected chi connectivity index (χ3v) is 4.07. The number of anilines is 2. The predicted molar refractivity (Wildman–Crippen MR) is 92.0 cm³/mol. The molecule has 1 fully saturated rings. The fraction of sp³-hybridized carbons (Fsp3) is 0.375. The number of amides is 2. The molecule has 3 rings (SSSR count). The van der Waals surface area contributed by atoms with Crippen molar-refractivity contribution in [1.29, 1.82) is 0 Å². The van der Waals surface area contributed by atoms with Crippen molar-refractivity contribution < 1.29 is 14.3 Å². The molecule has 2 aromatic rings. The lowest BCUT2D eigenvalue weighted by Gasteiger charge is -2.22. The lowest BCUT2D eigenvalue weighted by molar-refractivity contribution is 0.0662. The van der Waals surface area contributed by atoms with Crippen LogP contribution in [-0.2, 0) is 4.74 Å². The minimum Gasteiger partial charge on any atom is -0.495 e. The Bertz CT molecular complexity index is 713. The maximum atomic E-state index is 12.2. The minimum absolute atomic E-state index is 0.311. The topological polar surface area (TPSA) is 77.4 Å². The molecule has 1 aromatic heterocycles. The van der Waals surface area contributed by atoms with Crippen LogP contribution in [0, 0.1) is 0 Å². The summed E-state index contributed by atoms with van der Waals surface area (Å²) in [5, 5.41) is 10.3. The van der Waals surface area contributed by atoms with Crippen LogP contribution < -0.4 is 15.4 Å². The van der Waals surface area contributed by atoms with Crippen molar-refractivity contribution in [3.05, 3.63) is 35.6 Å². The highest BCUT2D eigenvalue weighted by molar-refractivity contribution is 6.31. The zero-order valence-corrected chi connectivity index (χ0v) is 14.0. The molecule has 1 saturated heterocycles. The number of hydrogen-bond acceptors (Lipinski definition) is 4. The molecule has 1 aliphatic rings. The van der Waals surface area contributed by atoms with Gasteiger partial charge < -0.3 is 20.1 Å². The highest BCUT2D eigenvalue weighted by atomic mass is 35.5. The molecule has 0 unspecified atom stereocenters. The number of halogens is 1. The number of aromatic nitrogens is 2. The van der Waals surface area contributed by atoms with Crippen molar-refractivity contribution in [2.24, 2.45) is 0 Å². The smallest absolute Gasteiger partial charge is 0.323 e. The van der Waals surface area contributed by atoms with Crippen molar-refractivity contribution in [2.75, 3.05) is 31.0 Å². The molecule has 8 heteroatoms. The quantitative estimate of drug-likeness (QED) is 0.884. The maximum Gasteiger partial charge on any atom is 0.323 e. The van der Waals surface area contributed by atoms with Crippen molar-refractivity contribution >= 4 is 29.0 Å². The van der Waals surface area contributed by atoms with Crippen molar-refractivity contribution in [3.63, 3.8) is 0 Å². The number of ether oxygens (including phenoxy) is 2. The molecule has 7 nitrogen and oxygen atoms in total. The minimum atomic E-state index is -0.387. The summed E-state index contributed by atoms with van der Waals surface area (Å²) in [6, 6.07) is 4.95. The van der Waals surface area contributed by atoms with Gasteiger partial charge in [-0.15, -0.1) is 0 Å². The third-order valence-electron chi connectivity index (χ3n) is 3.83. The Morgan fingerprint density at radius 3 is 2.92 bits per heavy atom. The summed E-state index contributed by atoms with van der Waals surface area (Å²) in [7, 11) is 1.53. The standard InChI is InChI=1S/C16H19ClN4O3/c1-23-15-3-2-11(17)8-14(15)20-16(22)19-12-9-18-21(10-12)13-4-6-24-7-5-13/h2-3,8-10,13H,4-7H2,1H3,(H2,19,20,22). The summed E-state index contributed by atoms with van der Waals surface area (Å²) < 4.78 is 12.4. The maximum absolute atomic E-state index is 12.2. The van der Waals surface area contributed by atoms with Gasteiger partial charge in [0.05, 0.1) is 30.7 Å². The molecule has 1 aliphatic heterocycles. The summed E-state index contributed by atoms with van der Waals surface area (Å²) >= 11 is 5.96. The summed E-state index contributed by atoms with van der Waals surface area (Å²) in [5.41, 5.74) is 1.12. The highest BCUT2D eigenvalue weighted by Gasteiger charge is 2.17. The number of urea groups is 1. The molecule has 1 aromatic carbocycles. The first-order chi connectivity index (χ1) is 11.7. The molecule has 0 aliphatic carbocycles. The molecule has 0 spiro atoms. The predicted octanol–water partition coefficient (Wildman–Crippen LogP) is 3.54. The largest absolute Gasteiger partial charge is 0.495 e. The Morgan fingerprint density at radius 1 is 1.38 bits per heavy atom. The Hall–Kier alpha value is -2.25. The van der Waals surface area contributed by atoms with Gasteiger partial charge in [0.15, 0.2) is 0 Å². The van der Waals surface area contributed by atoms with Crippen molar-refractivity contribution in [2.45, 2.75) is 18.9 Å². The van der Waals surface area contributed by atoms with E-state index in [0.29, 0.717) is 28.2 Å². The van der Waals surface area contributed by atoms with Crippen LogP contribution in [0.15, 0.2) is 30.6 Å². The first-order valence-electron chi connectivity index (χ1n) is 7.69. The SMILES string of the molecule is COc1ccc(Cl)cc1NC(=O)Nc1cnn(C2CCOCC2)c1. The van der Waals surface area contributed by atoms with Crippen LogP contribution in [0.3, 0.4) is 0 Å². The molecule has 2 amide bonds.